The van der Waals surface area contributed by atoms with E-state index in [0.29, 0.717) is 36.8 Å². The number of hydrogen-bond acceptors (Lipinski definition) is 6. The fourth-order valence-electron chi connectivity index (χ4n) is 3.72. The van der Waals surface area contributed by atoms with E-state index in [-0.39, 0.29) is 11.6 Å². The van der Waals surface area contributed by atoms with Crippen LogP contribution in [0.25, 0.3) is 0 Å². The van der Waals surface area contributed by atoms with Crippen LogP contribution in [0.15, 0.2) is 72.9 Å². The van der Waals surface area contributed by atoms with Gasteiger partial charge in [-0.2, -0.15) is 0 Å². The molecule has 0 N–H and O–H groups in total. The Kier molecular flexibility index (Phi) is 6.72. The van der Waals surface area contributed by atoms with Gasteiger partial charge in [-0.3, -0.25) is 19.8 Å². The number of aromatic nitrogens is 1. The van der Waals surface area contributed by atoms with Crippen molar-refractivity contribution in [3.05, 3.63) is 94.2 Å². The minimum absolute atomic E-state index is 0.0892. The number of hydrogen-bond donors (Lipinski definition) is 0. The maximum atomic E-state index is 13.3. The molecule has 0 unspecified atom stereocenters. The molecule has 0 saturated carbocycles. The van der Waals surface area contributed by atoms with Crippen LogP contribution in [0, 0.1) is 10.1 Å². The normalized spacial score (nSPS) is 14.6. The Hall–Kier alpha value is -3.78. The summed E-state index contributed by atoms with van der Waals surface area (Å²) >= 11 is 0. The molecule has 1 aliphatic rings. The topological polar surface area (TPSA) is 88.8 Å². The number of pyridine rings is 1. The third kappa shape index (κ3) is 5.28. The summed E-state index contributed by atoms with van der Waals surface area (Å²) in [4.78, 5) is 32.1. The van der Waals surface area contributed by atoms with Crippen molar-refractivity contribution in [2.24, 2.45) is 0 Å². The smallest absolute Gasteiger partial charge is 0.269 e. The van der Waals surface area contributed by atoms with E-state index in [1.165, 1.54) is 12.1 Å². The largest absolute Gasteiger partial charge is 0.438 e. The second kappa shape index (κ2) is 10.0. The van der Waals surface area contributed by atoms with Crippen molar-refractivity contribution in [2.45, 2.75) is 13.0 Å². The van der Waals surface area contributed by atoms with Gasteiger partial charge in [0.1, 0.15) is 11.3 Å². The molecule has 4 rings (SSSR count). The van der Waals surface area contributed by atoms with Gasteiger partial charge in [-0.25, -0.2) is 4.98 Å². The van der Waals surface area contributed by atoms with Crippen molar-refractivity contribution in [1.29, 1.82) is 0 Å². The lowest BCUT2D eigenvalue weighted by Gasteiger charge is -2.22. The zero-order chi connectivity index (χ0) is 22.3. The summed E-state index contributed by atoms with van der Waals surface area (Å²) in [6.45, 7) is 3.50. The molecule has 164 valence electrons. The summed E-state index contributed by atoms with van der Waals surface area (Å²) in [6.07, 6.45) is 2.46. The molecule has 8 heteroatoms. The molecule has 0 aliphatic carbocycles. The Morgan fingerprint density at radius 1 is 0.969 bits per heavy atom. The SMILES string of the molecule is O=C(c1cccnc1Oc1ccccc1)N1CCCN(Cc2ccc([N+](=O)[O-])cc2)CC1. The lowest BCUT2D eigenvalue weighted by atomic mass is 10.2. The summed E-state index contributed by atoms with van der Waals surface area (Å²) in [7, 11) is 0. The van der Waals surface area contributed by atoms with Crippen LogP contribution in [0.2, 0.25) is 0 Å². The van der Waals surface area contributed by atoms with Crippen molar-refractivity contribution < 1.29 is 14.5 Å². The number of benzene rings is 2. The minimum Gasteiger partial charge on any atom is -0.438 e. The first-order valence-electron chi connectivity index (χ1n) is 10.5. The van der Waals surface area contributed by atoms with Crippen LogP contribution in [-0.4, -0.2) is 51.8 Å². The lowest BCUT2D eigenvalue weighted by molar-refractivity contribution is -0.384. The molecule has 2 heterocycles. The first kappa shape index (κ1) is 21.5. The highest BCUT2D eigenvalue weighted by atomic mass is 16.6. The van der Waals surface area contributed by atoms with Gasteiger partial charge in [0.05, 0.1) is 4.92 Å². The third-order valence-corrected chi connectivity index (χ3v) is 5.39. The van der Waals surface area contributed by atoms with Gasteiger partial charge < -0.3 is 9.64 Å². The van der Waals surface area contributed by atoms with Crippen molar-refractivity contribution in [2.75, 3.05) is 26.2 Å². The van der Waals surface area contributed by atoms with E-state index in [2.05, 4.69) is 9.88 Å². The summed E-state index contributed by atoms with van der Waals surface area (Å²) in [5, 5.41) is 10.8. The standard InChI is InChI=1S/C24H24N4O4/c29-24(22-8-4-13-25-23(22)32-21-6-2-1-3-7-21)27-15-5-14-26(16-17-27)18-19-9-11-20(12-10-19)28(30)31/h1-4,6-13H,5,14-18H2. The van der Waals surface area contributed by atoms with Crippen LogP contribution in [0.1, 0.15) is 22.3 Å². The van der Waals surface area contributed by atoms with Crippen LogP contribution in [0.5, 0.6) is 11.6 Å². The summed E-state index contributed by atoms with van der Waals surface area (Å²) in [5.41, 5.74) is 1.55. The molecule has 1 amide bonds. The molecule has 1 saturated heterocycles. The molecule has 0 bridgehead atoms. The van der Waals surface area contributed by atoms with Crippen molar-refractivity contribution in [1.82, 2.24) is 14.8 Å². The van der Waals surface area contributed by atoms with Gasteiger partial charge in [-0.05, 0) is 36.2 Å². The lowest BCUT2D eigenvalue weighted by Crippen LogP contribution is -2.35. The fourth-order valence-corrected chi connectivity index (χ4v) is 3.72. The average Bonchev–Trinajstić information content (AvgIpc) is 3.06. The van der Waals surface area contributed by atoms with E-state index in [1.807, 2.05) is 35.2 Å². The zero-order valence-electron chi connectivity index (χ0n) is 17.6. The molecule has 0 radical (unpaired) electrons. The molecule has 2 aromatic carbocycles. The third-order valence-electron chi connectivity index (χ3n) is 5.39. The number of ether oxygens (including phenoxy) is 1. The average molecular weight is 432 g/mol. The number of nitrogens with zero attached hydrogens (tertiary/aromatic N) is 4. The molecule has 0 atom stereocenters. The van der Waals surface area contributed by atoms with E-state index >= 15 is 0 Å². The molecule has 1 aromatic heterocycles. The van der Waals surface area contributed by atoms with Crippen molar-refractivity contribution in [3.8, 4) is 11.6 Å². The molecule has 32 heavy (non-hydrogen) atoms. The van der Waals surface area contributed by atoms with E-state index < -0.39 is 4.92 Å². The van der Waals surface area contributed by atoms with Crippen LogP contribution < -0.4 is 4.74 Å². The quantitative estimate of drug-likeness (QED) is 0.430. The van der Waals surface area contributed by atoms with Crippen LogP contribution in [0.3, 0.4) is 0 Å². The highest BCUT2D eigenvalue weighted by Gasteiger charge is 2.24. The Bertz CT molecular complexity index is 1070. The van der Waals surface area contributed by atoms with Gasteiger partial charge >= 0.3 is 0 Å². The number of para-hydroxylation sites is 1. The van der Waals surface area contributed by atoms with Crippen LogP contribution >= 0.6 is 0 Å². The number of nitro benzene ring substituents is 1. The number of nitro groups is 1. The van der Waals surface area contributed by atoms with Gasteiger partial charge in [0, 0.05) is 51.1 Å². The number of amides is 1. The predicted octanol–water partition coefficient (Wildman–Crippen LogP) is 4.13. The first-order chi connectivity index (χ1) is 15.6. The second-order valence-electron chi connectivity index (χ2n) is 7.62. The van der Waals surface area contributed by atoms with Gasteiger partial charge in [0.2, 0.25) is 5.88 Å². The Morgan fingerprint density at radius 3 is 2.50 bits per heavy atom. The van der Waals surface area contributed by atoms with Crippen molar-refractivity contribution in [3.63, 3.8) is 0 Å². The van der Waals surface area contributed by atoms with E-state index in [9.17, 15) is 14.9 Å². The maximum Gasteiger partial charge on any atom is 0.269 e. The fraction of sp³-hybridized carbons (Fsp3) is 0.250. The number of non-ortho nitro benzene ring substituents is 1. The summed E-state index contributed by atoms with van der Waals surface area (Å²) in [5.74, 6) is 0.835. The Morgan fingerprint density at radius 2 is 1.75 bits per heavy atom. The maximum absolute atomic E-state index is 13.3. The number of carbonyl (C=O) groups excluding carboxylic acids is 1. The van der Waals surface area contributed by atoms with E-state index in [0.717, 1.165) is 25.1 Å². The highest BCUT2D eigenvalue weighted by Crippen LogP contribution is 2.24. The predicted molar refractivity (Wildman–Crippen MR) is 120 cm³/mol. The van der Waals surface area contributed by atoms with E-state index in [1.54, 1.807) is 30.5 Å². The molecule has 1 aliphatic heterocycles. The summed E-state index contributed by atoms with van der Waals surface area (Å²) in [6, 6.07) is 19.4. The van der Waals surface area contributed by atoms with Crippen molar-refractivity contribution >= 4 is 11.6 Å². The monoisotopic (exact) mass is 432 g/mol. The minimum atomic E-state index is -0.395. The number of carbonyl (C=O) groups is 1. The second-order valence-corrected chi connectivity index (χ2v) is 7.62. The molecule has 3 aromatic rings. The number of rotatable bonds is 6. The van der Waals surface area contributed by atoms with Gasteiger partial charge in [-0.15, -0.1) is 0 Å². The molecule has 1 fully saturated rings. The molecule has 8 nitrogen and oxygen atoms in total. The van der Waals surface area contributed by atoms with E-state index in [4.69, 9.17) is 4.74 Å². The van der Waals surface area contributed by atoms with Gasteiger partial charge in [0.25, 0.3) is 11.6 Å². The van der Waals surface area contributed by atoms with Crippen LogP contribution in [0.4, 0.5) is 5.69 Å². The Labute approximate surface area is 186 Å². The molecular weight excluding hydrogens is 408 g/mol. The van der Waals surface area contributed by atoms with Gasteiger partial charge in [-0.1, -0.05) is 30.3 Å². The molecular formula is C24H24N4O4. The molecule has 0 spiro atoms. The Balaban J connectivity index is 1.40. The zero-order valence-corrected chi connectivity index (χ0v) is 17.6. The van der Waals surface area contributed by atoms with Gasteiger partial charge in [0.15, 0.2) is 0 Å². The first-order valence-corrected chi connectivity index (χ1v) is 10.5. The highest BCUT2D eigenvalue weighted by molar-refractivity contribution is 5.96. The summed E-state index contributed by atoms with van der Waals surface area (Å²) < 4.78 is 5.86. The van der Waals surface area contributed by atoms with Crippen LogP contribution in [-0.2, 0) is 6.54 Å².